The van der Waals surface area contributed by atoms with Crippen molar-refractivity contribution < 1.29 is 4.39 Å². The molecule has 0 spiro atoms. The van der Waals surface area contributed by atoms with Crippen molar-refractivity contribution in [1.82, 2.24) is 9.78 Å². The van der Waals surface area contributed by atoms with Gasteiger partial charge in [-0.05, 0) is 24.6 Å². The van der Waals surface area contributed by atoms with Gasteiger partial charge in [0.05, 0.1) is 16.4 Å². The molecular formula is C13H15ClFN3S. The van der Waals surface area contributed by atoms with E-state index < -0.39 is 0 Å². The van der Waals surface area contributed by atoms with Crippen LogP contribution in [-0.4, -0.2) is 9.78 Å². The molecule has 0 fully saturated rings. The Kier molecular flexibility index (Phi) is 4.37. The van der Waals surface area contributed by atoms with Crippen LogP contribution in [0.3, 0.4) is 0 Å². The monoisotopic (exact) mass is 299 g/mol. The van der Waals surface area contributed by atoms with Crippen molar-refractivity contribution in [3.05, 3.63) is 40.4 Å². The standard InChI is InChI=1S/C13H15ClFN3S/c1-3-10-13(14)11(18(2)17-10)7-19-12-6-8(15)4-5-9(12)16/h4-6H,3,7,16H2,1-2H3. The van der Waals surface area contributed by atoms with Crippen molar-refractivity contribution >= 4 is 29.1 Å². The van der Waals surface area contributed by atoms with Gasteiger partial charge in [-0.15, -0.1) is 11.8 Å². The molecule has 2 N–H and O–H groups in total. The lowest BCUT2D eigenvalue weighted by Crippen LogP contribution is -1.97. The van der Waals surface area contributed by atoms with Gasteiger partial charge in [-0.3, -0.25) is 4.68 Å². The fourth-order valence-corrected chi connectivity index (χ4v) is 3.25. The van der Waals surface area contributed by atoms with Crippen molar-refractivity contribution in [1.29, 1.82) is 0 Å². The Bertz CT molecular complexity index is 598. The van der Waals surface area contributed by atoms with Crippen LogP contribution in [0.25, 0.3) is 0 Å². The number of benzene rings is 1. The van der Waals surface area contributed by atoms with E-state index in [4.69, 9.17) is 17.3 Å². The van der Waals surface area contributed by atoms with Crippen LogP contribution in [0.1, 0.15) is 18.3 Å². The third-order valence-electron chi connectivity index (χ3n) is 2.84. The zero-order chi connectivity index (χ0) is 14.0. The van der Waals surface area contributed by atoms with Gasteiger partial charge in [0.25, 0.3) is 0 Å². The molecule has 1 aromatic carbocycles. The van der Waals surface area contributed by atoms with Gasteiger partial charge in [-0.25, -0.2) is 4.39 Å². The van der Waals surface area contributed by atoms with Crippen LogP contribution in [0.4, 0.5) is 10.1 Å². The van der Waals surface area contributed by atoms with Crippen LogP contribution in [0.15, 0.2) is 23.1 Å². The van der Waals surface area contributed by atoms with E-state index >= 15 is 0 Å². The van der Waals surface area contributed by atoms with Crippen molar-refractivity contribution in [2.24, 2.45) is 7.05 Å². The molecule has 2 rings (SSSR count). The second-order valence-corrected chi connectivity index (χ2v) is 5.55. The molecule has 6 heteroatoms. The fourth-order valence-electron chi connectivity index (χ4n) is 1.76. The van der Waals surface area contributed by atoms with E-state index in [-0.39, 0.29) is 5.82 Å². The molecule has 1 aromatic heterocycles. The average Bonchev–Trinajstić information content (AvgIpc) is 2.66. The smallest absolute Gasteiger partial charge is 0.124 e. The number of aryl methyl sites for hydroxylation is 2. The lowest BCUT2D eigenvalue weighted by Gasteiger charge is -2.06. The summed E-state index contributed by atoms with van der Waals surface area (Å²) < 4.78 is 14.9. The third kappa shape index (κ3) is 3.04. The van der Waals surface area contributed by atoms with Crippen molar-refractivity contribution in [2.75, 3.05) is 5.73 Å². The van der Waals surface area contributed by atoms with E-state index in [2.05, 4.69) is 5.10 Å². The van der Waals surface area contributed by atoms with Crippen molar-refractivity contribution in [3.63, 3.8) is 0 Å². The van der Waals surface area contributed by atoms with Crippen LogP contribution < -0.4 is 5.73 Å². The molecule has 0 radical (unpaired) electrons. The van der Waals surface area contributed by atoms with Gasteiger partial charge in [0.15, 0.2) is 0 Å². The Labute approximate surface area is 120 Å². The van der Waals surface area contributed by atoms with Crippen molar-refractivity contribution in [2.45, 2.75) is 24.0 Å². The summed E-state index contributed by atoms with van der Waals surface area (Å²) in [7, 11) is 1.86. The number of hydrogen-bond donors (Lipinski definition) is 1. The lowest BCUT2D eigenvalue weighted by atomic mass is 10.3. The van der Waals surface area contributed by atoms with E-state index in [9.17, 15) is 4.39 Å². The Morgan fingerprint density at radius 3 is 2.84 bits per heavy atom. The Hall–Kier alpha value is -1.20. The normalized spacial score (nSPS) is 10.9. The molecule has 0 amide bonds. The number of thioether (sulfide) groups is 1. The summed E-state index contributed by atoms with van der Waals surface area (Å²) in [5.74, 6) is 0.317. The van der Waals surface area contributed by atoms with Gasteiger partial charge >= 0.3 is 0 Å². The van der Waals surface area contributed by atoms with Crippen LogP contribution in [0, 0.1) is 5.82 Å². The molecule has 19 heavy (non-hydrogen) atoms. The predicted molar refractivity (Wildman–Crippen MR) is 78.0 cm³/mol. The molecule has 0 saturated heterocycles. The highest BCUT2D eigenvalue weighted by Crippen LogP contribution is 2.32. The molecule has 0 saturated carbocycles. The van der Waals surface area contributed by atoms with Gasteiger partial charge in [0.1, 0.15) is 5.82 Å². The first-order valence-corrected chi connectivity index (χ1v) is 7.27. The molecule has 0 aliphatic rings. The molecule has 0 unspecified atom stereocenters. The van der Waals surface area contributed by atoms with Gasteiger partial charge in [0.2, 0.25) is 0 Å². The van der Waals surface area contributed by atoms with E-state index in [1.165, 1.54) is 23.9 Å². The van der Waals surface area contributed by atoms with Gasteiger partial charge in [-0.2, -0.15) is 5.10 Å². The Balaban J connectivity index is 2.19. The summed E-state index contributed by atoms with van der Waals surface area (Å²) in [6, 6.07) is 4.36. The number of nitrogens with zero attached hydrogens (tertiary/aromatic N) is 2. The Morgan fingerprint density at radius 2 is 2.21 bits per heavy atom. The maximum atomic E-state index is 13.2. The highest BCUT2D eigenvalue weighted by molar-refractivity contribution is 7.98. The fraction of sp³-hybridized carbons (Fsp3) is 0.308. The van der Waals surface area contributed by atoms with Crippen LogP contribution in [0.2, 0.25) is 5.02 Å². The molecule has 0 atom stereocenters. The zero-order valence-electron chi connectivity index (χ0n) is 10.8. The molecule has 2 aromatic rings. The average molecular weight is 300 g/mol. The van der Waals surface area contributed by atoms with Crippen molar-refractivity contribution in [3.8, 4) is 0 Å². The first-order valence-electron chi connectivity index (χ1n) is 5.91. The van der Waals surface area contributed by atoms with Gasteiger partial charge in [-0.1, -0.05) is 18.5 Å². The molecule has 0 aliphatic heterocycles. The minimum absolute atomic E-state index is 0.290. The van der Waals surface area contributed by atoms with E-state index in [0.29, 0.717) is 16.5 Å². The van der Waals surface area contributed by atoms with E-state index in [0.717, 1.165) is 22.7 Å². The van der Waals surface area contributed by atoms with Crippen LogP contribution >= 0.6 is 23.4 Å². The number of anilines is 1. The summed E-state index contributed by atoms with van der Waals surface area (Å²) in [6.45, 7) is 2.01. The summed E-state index contributed by atoms with van der Waals surface area (Å²) in [4.78, 5) is 0.718. The SMILES string of the molecule is CCc1nn(C)c(CSc2cc(F)ccc2N)c1Cl. The highest BCUT2D eigenvalue weighted by Gasteiger charge is 2.13. The first-order chi connectivity index (χ1) is 9.02. The number of rotatable bonds is 4. The predicted octanol–water partition coefficient (Wildman–Crippen LogP) is 3.65. The third-order valence-corrected chi connectivity index (χ3v) is 4.36. The number of nitrogen functional groups attached to an aromatic ring is 1. The Morgan fingerprint density at radius 1 is 1.47 bits per heavy atom. The second kappa shape index (κ2) is 5.84. The number of hydrogen-bond acceptors (Lipinski definition) is 3. The summed E-state index contributed by atoms with van der Waals surface area (Å²) in [6.07, 6.45) is 0.791. The summed E-state index contributed by atoms with van der Waals surface area (Å²) in [5, 5.41) is 5.03. The quantitative estimate of drug-likeness (QED) is 0.692. The van der Waals surface area contributed by atoms with E-state index in [1.807, 2.05) is 14.0 Å². The maximum Gasteiger partial charge on any atom is 0.124 e. The molecule has 102 valence electrons. The molecular weight excluding hydrogens is 285 g/mol. The lowest BCUT2D eigenvalue weighted by molar-refractivity contribution is 0.624. The van der Waals surface area contributed by atoms with Crippen LogP contribution in [-0.2, 0) is 19.2 Å². The first kappa shape index (κ1) is 14.2. The largest absolute Gasteiger partial charge is 0.398 e. The minimum Gasteiger partial charge on any atom is -0.398 e. The minimum atomic E-state index is -0.290. The highest BCUT2D eigenvalue weighted by atomic mass is 35.5. The van der Waals surface area contributed by atoms with Crippen LogP contribution in [0.5, 0.6) is 0 Å². The zero-order valence-corrected chi connectivity index (χ0v) is 12.4. The number of nitrogens with two attached hydrogens (primary N) is 1. The molecule has 0 bridgehead atoms. The van der Waals surface area contributed by atoms with E-state index in [1.54, 1.807) is 10.7 Å². The number of aromatic nitrogens is 2. The molecule has 1 heterocycles. The second-order valence-electron chi connectivity index (χ2n) is 4.16. The maximum absolute atomic E-state index is 13.2. The van der Waals surface area contributed by atoms with Gasteiger partial charge < -0.3 is 5.73 Å². The topological polar surface area (TPSA) is 43.8 Å². The molecule has 3 nitrogen and oxygen atoms in total. The summed E-state index contributed by atoms with van der Waals surface area (Å²) in [5.41, 5.74) is 8.19. The summed E-state index contributed by atoms with van der Waals surface area (Å²) >= 11 is 7.72. The number of halogens is 2. The van der Waals surface area contributed by atoms with Gasteiger partial charge in [0, 0.05) is 23.4 Å². The molecule has 0 aliphatic carbocycles.